The fraction of sp³-hybridized carbons (Fsp3) is 0. The smallest absolute Gasteiger partial charge is 0.0784 e. The van der Waals surface area contributed by atoms with Gasteiger partial charge in [-0.1, -0.05) is 64.6 Å². The van der Waals surface area contributed by atoms with Crippen molar-refractivity contribution in [3.8, 4) is 11.1 Å². The summed E-state index contributed by atoms with van der Waals surface area (Å²) in [4.78, 5) is 0. The number of benzene rings is 2. The zero-order valence-electron chi connectivity index (χ0n) is 8.48. The molecule has 1 nitrogen and oxygen atoms in total. The molecule has 5 heteroatoms. The molecule has 2 rings (SSSR count). The van der Waals surface area contributed by atoms with Gasteiger partial charge < -0.3 is 5.73 Å². The Kier molecular flexibility index (Phi) is 3.74. The molecule has 17 heavy (non-hydrogen) atoms. The Morgan fingerprint density at radius 2 is 1.35 bits per heavy atom. The van der Waals surface area contributed by atoms with Gasteiger partial charge in [0.05, 0.1) is 25.8 Å². The molecule has 0 radical (unpaired) electrons. The molecular formula is C12H7Cl4N. The summed E-state index contributed by atoms with van der Waals surface area (Å²) in [5, 5.41) is 1.53. The van der Waals surface area contributed by atoms with Crippen LogP contribution < -0.4 is 5.73 Å². The normalized spacial score (nSPS) is 10.6. The van der Waals surface area contributed by atoms with Crippen LogP contribution in [0.2, 0.25) is 20.1 Å². The third kappa shape index (κ3) is 2.34. The van der Waals surface area contributed by atoms with Crippen molar-refractivity contribution in [2.45, 2.75) is 0 Å². The minimum Gasteiger partial charge on any atom is -0.398 e. The second-order valence-electron chi connectivity index (χ2n) is 3.43. The Hall–Kier alpha value is -0.600. The van der Waals surface area contributed by atoms with Crippen molar-refractivity contribution in [3.63, 3.8) is 0 Å². The van der Waals surface area contributed by atoms with Gasteiger partial charge in [-0.3, -0.25) is 0 Å². The predicted octanol–water partition coefficient (Wildman–Crippen LogP) is 5.55. The van der Waals surface area contributed by atoms with Crippen molar-refractivity contribution in [1.82, 2.24) is 0 Å². The second-order valence-corrected chi connectivity index (χ2v) is 4.97. The minimum atomic E-state index is 0.310. The van der Waals surface area contributed by atoms with Gasteiger partial charge in [0.1, 0.15) is 0 Å². The predicted molar refractivity (Wildman–Crippen MR) is 76.3 cm³/mol. The lowest BCUT2D eigenvalue weighted by molar-refractivity contribution is 1.61. The molecule has 88 valence electrons. The van der Waals surface area contributed by atoms with Crippen LogP contribution in [0.25, 0.3) is 11.1 Å². The average Bonchev–Trinajstić information content (AvgIpc) is 2.31. The number of rotatable bonds is 1. The van der Waals surface area contributed by atoms with Gasteiger partial charge in [0.15, 0.2) is 0 Å². The Bertz CT molecular complexity index is 581. The molecule has 0 bridgehead atoms. The molecule has 0 aliphatic heterocycles. The van der Waals surface area contributed by atoms with Crippen molar-refractivity contribution in [2.24, 2.45) is 0 Å². The number of hydrogen-bond acceptors (Lipinski definition) is 1. The van der Waals surface area contributed by atoms with Crippen LogP contribution in [0.5, 0.6) is 0 Å². The Labute approximate surface area is 119 Å². The molecule has 0 fully saturated rings. The van der Waals surface area contributed by atoms with Crippen LogP contribution in [-0.4, -0.2) is 0 Å². The van der Waals surface area contributed by atoms with E-state index in [9.17, 15) is 0 Å². The van der Waals surface area contributed by atoms with Gasteiger partial charge in [0.2, 0.25) is 0 Å². The average molecular weight is 307 g/mol. The van der Waals surface area contributed by atoms with Crippen LogP contribution in [0.3, 0.4) is 0 Å². The van der Waals surface area contributed by atoms with E-state index in [1.54, 1.807) is 24.3 Å². The van der Waals surface area contributed by atoms with Crippen molar-refractivity contribution >= 4 is 52.1 Å². The molecule has 0 saturated heterocycles. The monoisotopic (exact) mass is 305 g/mol. The SMILES string of the molecule is Nc1cccc(-c2ccc(Cl)c(Cl)c2Cl)c1Cl. The largest absolute Gasteiger partial charge is 0.398 e. The van der Waals surface area contributed by atoms with Crippen LogP contribution in [0, 0.1) is 0 Å². The first-order valence-electron chi connectivity index (χ1n) is 4.70. The van der Waals surface area contributed by atoms with E-state index < -0.39 is 0 Å². The van der Waals surface area contributed by atoms with Gasteiger partial charge in [-0.05, 0) is 12.1 Å². The summed E-state index contributed by atoms with van der Waals surface area (Å²) >= 11 is 24.1. The highest BCUT2D eigenvalue weighted by atomic mass is 35.5. The van der Waals surface area contributed by atoms with Crippen molar-refractivity contribution in [2.75, 3.05) is 5.73 Å². The molecule has 0 spiro atoms. The Morgan fingerprint density at radius 3 is 2.06 bits per heavy atom. The number of anilines is 1. The quantitative estimate of drug-likeness (QED) is 0.542. The van der Waals surface area contributed by atoms with Crippen LogP contribution >= 0.6 is 46.4 Å². The third-order valence-corrected chi connectivity index (χ3v) is 4.07. The zero-order valence-corrected chi connectivity index (χ0v) is 11.5. The van der Waals surface area contributed by atoms with Crippen molar-refractivity contribution < 1.29 is 0 Å². The summed E-state index contributed by atoms with van der Waals surface area (Å²) in [6.07, 6.45) is 0. The highest BCUT2D eigenvalue weighted by Gasteiger charge is 2.13. The van der Waals surface area contributed by atoms with Crippen LogP contribution in [0.15, 0.2) is 30.3 Å². The molecular weight excluding hydrogens is 300 g/mol. The van der Waals surface area contributed by atoms with Gasteiger partial charge in [-0.15, -0.1) is 0 Å². The van der Waals surface area contributed by atoms with Crippen LogP contribution in [-0.2, 0) is 0 Å². The molecule has 0 atom stereocenters. The third-order valence-electron chi connectivity index (χ3n) is 2.35. The first-order chi connectivity index (χ1) is 8.02. The molecule has 0 saturated carbocycles. The van der Waals surface area contributed by atoms with E-state index in [-0.39, 0.29) is 0 Å². The summed E-state index contributed by atoms with van der Waals surface area (Å²) in [6, 6.07) is 8.78. The van der Waals surface area contributed by atoms with Gasteiger partial charge in [0, 0.05) is 11.1 Å². The molecule has 0 amide bonds. The van der Waals surface area contributed by atoms with E-state index >= 15 is 0 Å². The lowest BCUT2D eigenvalue weighted by Crippen LogP contribution is -1.89. The van der Waals surface area contributed by atoms with Gasteiger partial charge in [-0.25, -0.2) is 0 Å². The second kappa shape index (κ2) is 4.95. The lowest BCUT2D eigenvalue weighted by Gasteiger charge is -2.10. The van der Waals surface area contributed by atoms with Gasteiger partial charge in [0.25, 0.3) is 0 Å². The van der Waals surface area contributed by atoms with E-state index in [2.05, 4.69) is 0 Å². The van der Waals surface area contributed by atoms with Gasteiger partial charge >= 0.3 is 0 Å². The van der Waals surface area contributed by atoms with Crippen molar-refractivity contribution in [3.05, 3.63) is 50.4 Å². The topological polar surface area (TPSA) is 26.0 Å². The maximum atomic E-state index is 6.14. The summed E-state index contributed by atoms with van der Waals surface area (Å²) in [7, 11) is 0. The minimum absolute atomic E-state index is 0.310. The molecule has 0 unspecified atom stereocenters. The van der Waals surface area contributed by atoms with Crippen molar-refractivity contribution in [1.29, 1.82) is 0 Å². The molecule has 2 N–H and O–H groups in total. The van der Waals surface area contributed by atoms with Crippen LogP contribution in [0.4, 0.5) is 5.69 Å². The fourth-order valence-electron chi connectivity index (χ4n) is 1.49. The Balaban J connectivity index is 2.69. The summed E-state index contributed by atoms with van der Waals surface area (Å²) in [5.41, 5.74) is 7.67. The van der Waals surface area contributed by atoms with E-state index in [4.69, 9.17) is 52.1 Å². The first-order valence-corrected chi connectivity index (χ1v) is 6.21. The van der Waals surface area contributed by atoms with Gasteiger partial charge in [-0.2, -0.15) is 0 Å². The summed E-state index contributed by atoms with van der Waals surface area (Å²) < 4.78 is 0. The Morgan fingerprint density at radius 1 is 0.706 bits per heavy atom. The summed E-state index contributed by atoms with van der Waals surface area (Å²) in [5.74, 6) is 0. The zero-order chi connectivity index (χ0) is 12.6. The highest BCUT2D eigenvalue weighted by Crippen LogP contribution is 2.41. The first kappa shape index (κ1) is 12.8. The van der Waals surface area contributed by atoms with E-state index in [0.717, 1.165) is 5.56 Å². The molecule has 0 aliphatic carbocycles. The van der Waals surface area contributed by atoms with E-state index in [1.165, 1.54) is 0 Å². The summed E-state index contributed by atoms with van der Waals surface area (Å²) in [6.45, 7) is 0. The van der Waals surface area contributed by atoms with Crippen LogP contribution in [0.1, 0.15) is 0 Å². The standard InChI is InChI=1S/C12H7Cl4N/c13-8-5-4-7(11(15)12(8)16)6-2-1-3-9(17)10(6)14/h1-5H,17H2. The maximum Gasteiger partial charge on any atom is 0.0784 e. The molecule has 2 aromatic carbocycles. The molecule has 2 aromatic rings. The maximum absolute atomic E-state index is 6.14. The number of halogens is 4. The number of nitrogens with two attached hydrogens (primary N) is 1. The number of hydrogen-bond donors (Lipinski definition) is 1. The van der Waals surface area contributed by atoms with E-state index in [0.29, 0.717) is 31.3 Å². The fourth-order valence-corrected chi connectivity index (χ4v) is 2.36. The molecule has 0 aliphatic rings. The number of nitrogen functional groups attached to an aromatic ring is 1. The molecule has 0 aromatic heterocycles. The molecule has 0 heterocycles. The lowest BCUT2D eigenvalue weighted by atomic mass is 10.0. The van der Waals surface area contributed by atoms with E-state index in [1.807, 2.05) is 6.07 Å². The highest BCUT2D eigenvalue weighted by molar-refractivity contribution is 6.49.